The lowest BCUT2D eigenvalue weighted by molar-refractivity contribution is 0.670. The van der Waals surface area contributed by atoms with Gasteiger partial charge in [-0.05, 0) is 83.1 Å². The Bertz CT molecular complexity index is 3900. The zero-order chi connectivity index (χ0) is 40.0. The molecule has 0 aliphatic rings. The SMILES string of the molecule is c1ccc(-c2nc(-c3ccc4sc5ccccc5c4c3)nc(-c3ccc(-n4c5ccccc5c5cc6ccccc6cc54)cc3-c3cccc4c3oc3ccccc34)n2)cc1. The molecule has 5 nitrogen and oxygen atoms in total. The highest BCUT2D eigenvalue weighted by Gasteiger charge is 2.22. The van der Waals surface area contributed by atoms with Gasteiger partial charge in [0.15, 0.2) is 17.5 Å². The Balaban J connectivity index is 1.10. The van der Waals surface area contributed by atoms with Crippen LogP contribution in [0.2, 0.25) is 0 Å². The van der Waals surface area contributed by atoms with Crippen LogP contribution < -0.4 is 0 Å². The minimum atomic E-state index is 0.585. The number of fused-ring (bicyclic) bond motifs is 10. The highest BCUT2D eigenvalue weighted by molar-refractivity contribution is 7.25. The maximum atomic E-state index is 6.74. The molecule has 13 aromatic rings. The summed E-state index contributed by atoms with van der Waals surface area (Å²) in [6, 6.07) is 68.6. The zero-order valence-corrected chi connectivity index (χ0v) is 33.4. The topological polar surface area (TPSA) is 56.7 Å². The van der Waals surface area contributed by atoms with Gasteiger partial charge < -0.3 is 8.98 Å². The van der Waals surface area contributed by atoms with E-state index in [1.165, 1.54) is 41.7 Å². The van der Waals surface area contributed by atoms with Crippen molar-refractivity contribution in [3.8, 4) is 51.0 Å². The second-order valence-electron chi connectivity index (χ2n) is 15.6. The van der Waals surface area contributed by atoms with Gasteiger partial charge >= 0.3 is 0 Å². The third-order valence-electron chi connectivity index (χ3n) is 12.0. The third kappa shape index (κ3) is 5.36. The van der Waals surface area contributed by atoms with Crippen LogP contribution in [-0.2, 0) is 0 Å². The summed E-state index contributed by atoms with van der Waals surface area (Å²) in [5, 5.41) is 9.41. The van der Waals surface area contributed by atoms with Gasteiger partial charge in [-0.25, -0.2) is 15.0 Å². The monoisotopic (exact) mass is 796 g/mol. The van der Waals surface area contributed by atoms with Crippen molar-refractivity contribution in [1.82, 2.24) is 19.5 Å². The predicted octanol–water partition coefficient (Wildman–Crippen LogP) is 15.1. The van der Waals surface area contributed by atoms with Gasteiger partial charge in [0.25, 0.3) is 0 Å². The van der Waals surface area contributed by atoms with E-state index in [1.54, 1.807) is 11.3 Å². The molecule has 9 aromatic carbocycles. The van der Waals surface area contributed by atoms with Crippen molar-refractivity contribution >= 4 is 86.0 Å². The lowest BCUT2D eigenvalue weighted by Gasteiger charge is -2.16. The molecule has 61 heavy (non-hydrogen) atoms. The largest absolute Gasteiger partial charge is 0.455 e. The minimum absolute atomic E-state index is 0.585. The average Bonchev–Trinajstić information content (AvgIpc) is 4.00. The molecule has 0 aliphatic heterocycles. The molecule has 4 aromatic heterocycles. The lowest BCUT2D eigenvalue weighted by atomic mass is 9.96. The van der Waals surface area contributed by atoms with Crippen molar-refractivity contribution < 1.29 is 4.42 Å². The van der Waals surface area contributed by atoms with Crippen LogP contribution in [0.3, 0.4) is 0 Å². The quantitative estimate of drug-likeness (QED) is 0.174. The van der Waals surface area contributed by atoms with Crippen LogP contribution in [0.5, 0.6) is 0 Å². The third-order valence-corrected chi connectivity index (χ3v) is 13.2. The second kappa shape index (κ2) is 13.3. The molecule has 0 N–H and O–H groups in total. The number of aromatic nitrogens is 4. The molecule has 0 saturated heterocycles. The Morgan fingerprint density at radius 1 is 0.377 bits per heavy atom. The molecule has 0 saturated carbocycles. The molecular formula is C55H32N4OS. The van der Waals surface area contributed by atoms with Gasteiger partial charge in [0.05, 0.1) is 11.0 Å². The van der Waals surface area contributed by atoms with Gasteiger partial charge in [-0.1, -0.05) is 127 Å². The fourth-order valence-electron chi connectivity index (χ4n) is 9.19. The molecule has 4 heterocycles. The number of thiophene rings is 1. The number of para-hydroxylation sites is 3. The van der Waals surface area contributed by atoms with Crippen LogP contribution in [0.15, 0.2) is 199 Å². The molecule has 0 bridgehead atoms. The normalized spacial score (nSPS) is 11.9. The van der Waals surface area contributed by atoms with Gasteiger partial charge in [-0.3, -0.25) is 0 Å². The smallest absolute Gasteiger partial charge is 0.164 e. The van der Waals surface area contributed by atoms with Gasteiger partial charge in [0.1, 0.15) is 11.2 Å². The number of nitrogens with zero attached hydrogens (tertiary/aromatic N) is 4. The molecular weight excluding hydrogens is 765 g/mol. The average molecular weight is 797 g/mol. The Hall–Kier alpha value is -7.93. The van der Waals surface area contributed by atoms with Crippen LogP contribution >= 0.6 is 11.3 Å². The van der Waals surface area contributed by atoms with Crippen LogP contribution in [0, 0.1) is 0 Å². The number of hydrogen-bond acceptors (Lipinski definition) is 5. The molecule has 0 atom stereocenters. The van der Waals surface area contributed by atoms with Crippen LogP contribution in [-0.4, -0.2) is 19.5 Å². The van der Waals surface area contributed by atoms with E-state index in [4.69, 9.17) is 19.4 Å². The van der Waals surface area contributed by atoms with Gasteiger partial charge in [-0.15, -0.1) is 11.3 Å². The summed E-state index contributed by atoms with van der Waals surface area (Å²) in [5.41, 5.74) is 9.65. The highest BCUT2D eigenvalue weighted by atomic mass is 32.1. The van der Waals surface area contributed by atoms with Gasteiger partial charge in [0, 0.05) is 69.7 Å². The Labute approximate surface area is 353 Å². The molecule has 0 spiro atoms. The Morgan fingerprint density at radius 2 is 1.07 bits per heavy atom. The summed E-state index contributed by atoms with van der Waals surface area (Å²) in [5.74, 6) is 1.82. The molecule has 13 rings (SSSR count). The fourth-order valence-corrected chi connectivity index (χ4v) is 10.3. The summed E-state index contributed by atoms with van der Waals surface area (Å²) >= 11 is 1.81. The lowest BCUT2D eigenvalue weighted by Crippen LogP contribution is -2.02. The maximum Gasteiger partial charge on any atom is 0.164 e. The minimum Gasteiger partial charge on any atom is -0.455 e. The Morgan fingerprint density at radius 3 is 1.95 bits per heavy atom. The first kappa shape index (κ1) is 34.0. The van der Waals surface area contributed by atoms with Gasteiger partial charge in [0.2, 0.25) is 0 Å². The number of hydrogen-bond donors (Lipinski definition) is 0. The van der Waals surface area contributed by atoms with E-state index < -0.39 is 0 Å². The van der Waals surface area contributed by atoms with Crippen molar-refractivity contribution in [2.45, 2.75) is 0 Å². The van der Waals surface area contributed by atoms with E-state index >= 15 is 0 Å². The summed E-state index contributed by atoms with van der Waals surface area (Å²) in [6.45, 7) is 0. The second-order valence-corrected chi connectivity index (χ2v) is 16.6. The van der Waals surface area contributed by atoms with Crippen molar-refractivity contribution in [2.24, 2.45) is 0 Å². The number of furan rings is 1. The summed E-state index contributed by atoms with van der Waals surface area (Å²) in [7, 11) is 0. The van der Waals surface area contributed by atoms with E-state index in [0.717, 1.165) is 66.5 Å². The summed E-state index contributed by atoms with van der Waals surface area (Å²) in [6.07, 6.45) is 0. The fraction of sp³-hybridized carbons (Fsp3) is 0. The zero-order valence-electron chi connectivity index (χ0n) is 32.6. The molecule has 0 amide bonds. The summed E-state index contributed by atoms with van der Waals surface area (Å²) in [4.78, 5) is 15.8. The van der Waals surface area contributed by atoms with E-state index in [9.17, 15) is 0 Å². The molecule has 0 radical (unpaired) electrons. The molecule has 6 heteroatoms. The number of rotatable bonds is 5. The van der Waals surface area contributed by atoms with E-state index in [0.29, 0.717) is 17.5 Å². The highest BCUT2D eigenvalue weighted by Crippen LogP contribution is 2.43. The van der Waals surface area contributed by atoms with E-state index in [-0.39, 0.29) is 0 Å². The van der Waals surface area contributed by atoms with E-state index in [2.05, 4.69) is 168 Å². The summed E-state index contributed by atoms with van der Waals surface area (Å²) < 4.78 is 11.6. The first-order chi connectivity index (χ1) is 30.2. The molecule has 284 valence electrons. The van der Waals surface area contributed by atoms with Crippen molar-refractivity contribution in [3.63, 3.8) is 0 Å². The standard InChI is InChI=1S/C55H32N4OS/c1-2-13-33(14-3-1)53-56-54(36-25-28-51-46(30-36)40-19-8-11-24-50(40)61-51)58-55(57-53)43-27-26-37(32-44(43)42-21-12-20-41-39-18-7-10-23-49(39)60-52(41)42)59-47-22-9-6-17-38(47)45-29-34-15-4-5-16-35(34)31-48(45)59/h1-32H. The van der Waals surface area contributed by atoms with Crippen LogP contribution in [0.25, 0.3) is 126 Å². The molecule has 0 unspecified atom stereocenters. The Kier molecular flexibility index (Phi) is 7.41. The maximum absolute atomic E-state index is 6.74. The molecule has 0 fully saturated rings. The molecule has 0 aliphatic carbocycles. The van der Waals surface area contributed by atoms with Crippen LogP contribution in [0.4, 0.5) is 0 Å². The van der Waals surface area contributed by atoms with Gasteiger partial charge in [-0.2, -0.15) is 0 Å². The predicted molar refractivity (Wildman–Crippen MR) is 254 cm³/mol. The van der Waals surface area contributed by atoms with Crippen molar-refractivity contribution in [3.05, 3.63) is 194 Å². The van der Waals surface area contributed by atoms with E-state index in [1.807, 2.05) is 30.3 Å². The first-order valence-electron chi connectivity index (χ1n) is 20.4. The first-order valence-corrected chi connectivity index (χ1v) is 21.2. The van der Waals surface area contributed by atoms with Crippen molar-refractivity contribution in [2.75, 3.05) is 0 Å². The number of benzene rings is 9. The van der Waals surface area contributed by atoms with Crippen LogP contribution in [0.1, 0.15) is 0 Å². The van der Waals surface area contributed by atoms with Crippen molar-refractivity contribution in [1.29, 1.82) is 0 Å².